The van der Waals surface area contributed by atoms with Crippen LogP contribution in [0.3, 0.4) is 0 Å². The van der Waals surface area contributed by atoms with Gasteiger partial charge in [0.25, 0.3) is 0 Å². The van der Waals surface area contributed by atoms with Crippen molar-refractivity contribution in [1.29, 1.82) is 0 Å². The van der Waals surface area contributed by atoms with E-state index >= 15 is 0 Å². The van der Waals surface area contributed by atoms with E-state index in [1.165, 1.54) is 18.0 Å². The molecule has 0 bridgehead atoms. The van der Waals surface area contributed by atoms with Gasteiger partial charge in [-0.05, 0) is 126 Å². The summed E-state index contributed by atoms with van der Waals surface area (Å²) in [6.07, 6.45) is 2.91. The molecule has 0 saturated heterocycles. The molecule has 2 aromatic heterocycles. The zero-order valence-electron chi connectivity index (χ0n) is 43.5. The van der Waals surface area contributed by atoms with Gasteiger partial charge >= 0.3 is 0 Å². The number of nitrogens with two attached hydrogens (primary N) is 1. The summed E-state index contributed by atoms with van der Waals surface area (Å²) in [6, 6.07) is 21.3. The van der Waals surface area contributed by atoms with E-state index in [2.05, 4.69) is 94.8 Å². The largest absolute Gasteiger partial charge is 0.495 e. The molecule has 388 valence electrons. The Hall–Kier alpha value is -5.76. The molecule has 0 aliphatic rings. The van der Waals surface area contributed by atoms with Crippen molar-refractivity contribution in [3.8, 4) is 11.5 Å². The molecule has 72 heavy (non-hydrogen) atoms. The number of nitrogens with one attached hydrogen (secondary N) is 4. The Morgan fingerprint density at radius 1 is 0.611 bits per heavy atom. The average Bonchev–Trinajstić information content (AvgIpc) is 3.31. The van der Waals surface area contributed by atoms with Gasteiger partial charge < -0.3 is 41.4 Å². The molecular weight excluding hydrogens is 996 g/mol. The minimum Gasteiger partial charge on any atom is -0.495 e. The fourth-order valence-electron chi connectivity index (χ4n) is 8.02. The number of aromatic nitrogens is 4. The molecule has 0 aliphatic carbocycles. The molecule has 2 heterocycles. The van der Waals surface area contributed by atoms with Crippen molar-refractivity contribution in [2.24, 2.45) is 5.73 Å². The number of sulfone groups is 2. The lowest BCUT2D eigenvalue weighted by molar-refractivity contribution is 0.313. The van der Waals surface area contributed by atoms with E-state index in [4.69, 9.17) is 38.4 Å². The number of hydrogen-bond donors (Lipinski definition) is 5. The number of aryl methyl sites for hydroxylation is 2. The smallest absolute Gasteiger partial charge is 0.229 e. The SMILES string of the molecule is COc1cc(C(C)(C)CN(C)C)c(C)cc1Nc1ncc(Cl)c(Nc2ccccc2S(=O)(=O)C(C)C)n1.COc1cc(C(C)(C)CN)c(C)cc1Nc1ncc(Cl)c(Nc2ccccc2S(=O)(=O)C(C)C)n1. The molecule has 0 unspecified atom stereocenters. The molecule has 0 spiro atoms. The van der Waals surface area contributed by atoms with Crippen molar-refractivity contribution < 1.29 is 26.3 Å². The van der Waals surface area contributed by atoms with Crippen molar-refractivity contribution in [2.75, 3.05) is 62.7 Å². The molecule has 0 atom stereocenters. The quantitative estimate of drug-likeness (QED) is 0.0510. The third kappa shape index (κ3) is 13.4. The molecule has 0 saturated carbocycles. The van der Waals surface area contributed by atoms with Crippen LogP contribution < -0.4 is 36.5 Å². The van der Waals surface area contributed by atoms with Crippen molar-refractivity contribution in [1.82, 2.24) is 24.8 Å². The number of ether oxygens (including phenoxy) is 2. The Labute approximate surface area is 435 Å². The number of methoxy groups -OCH3 is 2. The van der Waals surface area contributed by atoms with E-state index in [9.17, 15) is 16.8 Å². The molecule has 0 amide bonds. The predicted octanol–water partition coefficient (Wildman–Crippen LogP) is 11.3. The summed E-state index contributed by atoms with van der Waals surface area (Å²) in [5.41, 5.74) is 12.3. The van der Waals surface area contributed by atoms with Crippen LogP contribution in [0.15, 0.2) is 95.0 Å². The molecule has 6 N–H and O–H groups in total. The van der Waals surface area contributed by atoms with Gasteiger partial charge in [-0.25, -0.2) is 26.8 Å². The highest BCUT2D eigenvalue weighted by Gasteiger charge is 2.28. The summed E-state index contributed by atoms with van der Waals surface area (Å²) >= 11 is 12.7. The topological polar surface area (TPSA) is 216 Å². The molecule has 0 fully saturated rings. The van der Waals surface area contributed by atoms with Crippen molar-refractivity contribution in [2.45, 2.75) is 100 Å². The third-order valence-electron chi connectivity index (χ3n) is 11.9. The highest BCUT2D eigenvalue weighted by atomic mass is 35.5. The third-order valence-corrected chi connectivity index (χ3v) is 16.9. The number of likely N-dealkylation sites (N-methyl/N-ethyl adjacent to an activating group) is 1. The summed E-state index contributed by atoms with van der Waals surface area (Å²) in [7, 11) is 0.297. The first-order chi connectivity index (χ1) is 33.7. The first-order valence-corrected chi connectivity index (χ1v) is 27.0. The molecular formula is C52H68Cl2N10O6S2. The number of hydrogen-bond acceptors (Lipinski definition) is 16. The Bertz CT molecular complexity index is 3120. The molecule has 20 heteroatoms. The normalized spacial score (nSPS) is 12.1. The van der Waals surface area contributed by atoms with Gasteiger partial charge in [-0.2, -0.15) is 9.97 Å². The van der Waals surface area contributed by atoms with Gasteiger partial charge in [0.2, 0.25) is 11.9 Å². The van der Waals surface area contributed by atoms with Crippen LogP contribution in [0.25, 0.3) is 0 Å². The lowest BCUT2D eigenvalue weighted by atomic mass is 9.81. The van der Waals surface area contributed by atoms with Crippen molar-refractivity contribution in [3.63, 3.8) is 0 Å². The van der Waals surface area contributed by atoms with E-state index in [0.717, 1.165) is 23.2 Å². The molecule has 6 aromatic rings. The van der Waals surface area contributed by atoms with Gasteiger partial charge in [0, 0.05) is 23.9 Å². The minimum atomic E-state index is -3.52. The second-order valence-corrected chi connectivity index (χ2v) is 25.2. The maximum absolute atomic E-state index is 12.9. The van der Waals surface area contributed by atoms with E-state index in [1.807, 2.05) is 31.2 Å². The summed E-state index contributed by atoms with van der Waals surface area (Å²) in [4.78, 5) is 20.1. The van der Waals surface area contributed by atoms with Crippen LogP contribution in [0.5, 0.6) is 11.5 Å². The average molecular weight is 1060 g/mol. The predicted molar refractivity (Wildman–Crippen MR) is 294 cm³/mol. The summed E-state index contributed by atoms with van der Waals surface area (Å²) in [6.45, 7) is 20.6. The Morgan fingerprint density at radius 2 is 0.986 bits per heavy atom. The summed E-state index contributed by atoms with van der Waals surface area (Å²) in [5, 5.41) is 11.9. The summed E-state index contributed by atoms with van der Waals surface area (Å²) in [5.74, 6) is 2.39. The highest BCUT2D eigenvalue weighted by Crippen LogP contribution is 2.39. The van der Waals surface area contributed by atoms with E-state index in [0.29, 0.717) is 40.8 Å². The summed E-state index contributed by atoms with van der Waals surface area (Å²) < 4.78 is 62.7. The minimum absolute atomic E-state index is 0.0863. The standard InChI is InChI=1S/C27H36ClN5O3S.C25H32ClN5O3S/c1-17(2)37(34,35)24-12-10-9-11-21(24)30-25-20(28)15-29-26(32-25)31-22-13-18(3)19(14-23(22)36-8)27(4,5)16-33(6)7;1-15(2)35(32,33)22-10-8-7-9-19(22)29-23-18(26)13-28-24(31-23)30-20-11-16(3)17(12-21(20)34-6)25(4,5)14-27/h9-15,17H,16H2,1-8H3,(H2,29,30,31,32);7-13,15H,14,27H2,1-6H3,(H2,28,29,30,31). The Balaban J connectivity index is 0.000000268. The maximum atomic E-state index is 12.9. The molecule has 0 aliphatic heterocycles. The van der Waals surface area contributed by atoms with E-state index < -0.39 is 30.2 Å². The first-order valence-electron chi connectivity index (χ1n) is 23.2. The Kier molecular flexibility index (Phi) is 18.6. The fraction of sp³-hybridized carbons (Fsp3) is 0.385. The van der Waals surface area contributed by atoms with Crippen LogP contribution >= 0.6 is 23.2 Å². The molecule has 0 radical (unpaired) electrons. The van der Waals surface area contributed by atoms with Crippen LogP contribution in [-0.2, 0) is 30.5 Å². The zero-order valence-corrected chi connectivity index (χ0v) is 46.6. The Morgan fingerprint density at radius 3 is 1.33 bits per heavy atom. The van der Waals surface area contributed by atoms with Crippen LogP contribution in [0.1, 0.15) is 77.6 Å². The van der Waals surface area contributed by atoms with E-state index in [1.54, 1.807) is 90.4 Å². The van der Waals surface area contributed by atoms with Crippen molar-refractivity contribution >= 4 is 89.2 Å². The van der Waals surface area contributed by atoms with Gasteiger partial charge in [0.1, 0.15) is 21.5 Å². The van der Waals surface area contributed by atoms with Gasteiger partial charge in [-0.3, -0.25) is 0 Å². The molecule has 4 aromatic carbocycles. The van der Waals surface area contributed by atoms with Crippen LogP contribution in [0.4, 0.5) is 46.3 Å². The number of anilines is 8. The first kappa shape index (κ1) is 57.1. The second kappa shape index (κ2) is 23.4. The molecule has 16 nitrogen and oxygen atoms in total. The van der Waals surface area contributed by atoms with Crippen LogP contribution in [0, 0.1) is 13.8 Å². The fourth-order valence-corrected chi connectivity index (χ4v) is 10.7. The van der Waals surface area contributed by atoms with Crippen molar-refractivity contribution in [3.05, 3.63) is 117 Å². The lowest BCUT2D eigenvalue weighted by Crippen LogP contribution is -2.32. The maximum Gasteiger partial charge on any atom is 0.229 e. The monoisotopic (exact) mass is 1060 g/mol. The number of nitrogens with zero attached hydrogens (tertiary/aromatic N) is 5. The number of benzene rings is 4. The number of halogens is 2. The van der Waals surface area contributed by atoms with Crippen LogP contribution in [0.2, 0.25) is 10.0 Å². The number of para-hydroxylation sites is 2. The van der Waals surface area contributed by atoms with E-state index in [-0.39, 0.29) is 54.2 Å². The number of rotatable bonds is 19. The van der Waals surface area contributed by atoms with Gasteiger partial charge in [-0.1, -0.05) is 75.2 Å². The van der Waals surface area contributed by atoms with Gasteiger partial charge in [0.05, 0.1) is 69.7 Å². The second-order valence-electron chi connectivity index (χ2n) is 19.4. The van der Waals surface area contributed by atoms with Gasteiger partial charge in [0.15, 0.2) is 31.3 Å². The highest BCUT2D eigenvalue weighted by molar-refractivity contribution is 7.92. The molecule has 6 rings (SSSR count). The zero-order chi connectivity index (χ0) is 53.5. The van der Waals surface area contributed by atoms with Gasteiger partial charge in [-0.15, -0.1) is 0 Å². The lowest BCUT2D eigenvalue weighted by Gasteiger charge is -2.31. The van der Waals surface area contributed by atoms with Crippen LogP contribution in [-0.4, -0.2) is 93.6 Å².